The minimum atomic E-state index is -5.04. The van der Waals surface area contributed by atoms with Gasteiger partial charge < -0.3 is 10.2 Å². The van der Waals surface area contributed by atoms with E-state index in [4.69, 9.17) is 0 Å². The number of carbonyl (C=O) groups is 1. The van der Waals surface area contributed by atoms with Crippen LogP contribution < -0.4 is 10.2 Å². The zero-order chi connectivity index (χ0) is 25.2. The summed E-state index contributed by atoms with van der Waals surface area (Å²) >= 11 is 0. The molecule has 2 heterocycles. The summed E-state index contributed by atoms with van der Waals surface area (Å²) in [5, 5.41) is 10.8. The molecule has 11 heteroatoms. The lowest BCUT2D eigenvalue weighted by molar-refractivity contribution is -0.143. The van der Waals surface area contributed by atoms with Crippen LogP contribution in [0.4, 0.5) is 37.8 Å². The van der Waals surface area contributed by atoms with Gasteiger partial charge >= 0.3 is 12.4 Å². The molecular weight excluding hydrogens is 474 g/mol. The van der Waals surface area contributed by atoms with Gasteiger partial charge in [-0.2, -0.15) is 26.3 Å². The highest BCUT2D eigenvalue weighted by molar-refractivity contribution is 6.04. The number of amides is 1. The van der Waals surface area contributed by atoms with E-state index in [-0.39, 0.29) is 11.8 Å². The molecule has 1 aromatic heterocycles. The minimum absolute atomic E-state index is 0.0246. The van der Waals surface area contributed by atoms with Gasteiger partial charge in [-0.1, -0.05) is 12.1 Å². The summed E-state index contributed by atoms with van der Waals surface area (Å²) in [6, 6.07) is 10.6. The third-order valence-electron chi connectivity index (χ3n) is 5.62. The van der Waals surface area contributed by atoms with E-state index in [0.29, 0.717) is 23.4 Å². The maximum atomic E-state index is 13.0. The Kier molecular flexibility index (Phi) is 6.68. The zero-order valence-electron chi connectivity index (χ0n) is 18.2. The number of halogens is 6. The second-order valence-corrected chi connectivity index (χ2v) is 8.15. The fourth-order valence-electron chi connectivity index (χ4n) is 3.78. The number of hydrogen-bond donors (Lipinski definition) is 1. The van der Waals surface area contributed by atoms with Crippen LogP contribution in [0.5, 0.6) is 0 Å². The lowest BCUT2D eigenvalue weighted by Gasteiger charge is -2.27. The van der Waals surface area contributed by atoms with Crippen LogP contribution >= 0.6 is 0 Å². The number of hydrogen-bond acceptors (Lipinski definition) is 4. The average molecular weight is 494 g/mol. The predicted octanol–water partition coefficient (Wildman–Crippen LogP) is 6.42. The number of rotatable bonds is 4. The summed E-state index contributed by atoms with van der Waals surface area (Å²) < 4.78 is 78.3. The van der Waals surface area contributed by atoms with Gasteiger partial charge in [0, 0.05) is 29.9 Å². The van der Waals surface area contributed by atoms with E-state index >= 15 is 0 Å². The molecular formula is C24H20F6N4O. The van der Waals surface area contributed by atoms with Crippen molar-refractivity contribution in [2.24, 2.45) is 0 Å². The van der Waals surface area contributed by atoms with E-state index in [1.54, 1.807) is 12.1 Å². The molecule has 4 rings (SSSR count). The standard InChI is InChI=1S/C24H20F6N4O/c25-23(26,27)17-12-16(13-18(14-17)24(28,29)30)22(35)31-19-6-4-15(5-7-19)20-8-9-21(33-32-20)34-10-2-1-3-11-34/h4-9,12-14H,1-3,10-11H2,(H,31,35). The summed E-state index contributed by atoms with van der Waals surface area (Å²) in [7, 11) is 0. The Bertz CT molecular complexity index is 1150. The van der Waals surface area contributed by atoms with Gasteiger partial charge in [-0.15, -0.1) is 10.2 Å². The van der Waals surface area contributed by atoms with E-state index in [1.807, 2.05) is 12.1 Å². The van der Waals surface area contributed by atoms with Crippen LogP contribution in [0.1, 0.15) is 40.7 Å². The van der Waals surface area contributed by atoms with Crippen molar-refractivity contribution in [3.63, 3.8) is 0 Å². The Morgan fingerprint density at radius 2 is 1.37 bits per heavy atom. The van der Waals surface area contributed by atoms with E-state index in [1.165, 1.54) is 18.6 Å². The van der Waals surface area contributed by atoms with Gasteiger partial charge in [0.15, 0.2) is 5.82 Å². The van der Waals surface area contributed by atoms with Gasteiger partial charge in [0.1, 0.15) is 0 Å². The van der Waals surface area contributed by atoms with Crippen LogP contribution in [0, 0.1) is 0 Å². The van der Waals surface area contributed by atoms with Crippen molar-refractivity contribution in [1.29, 1.82) is 0 Å². The third kappa shape index (κ3) is 5.90. The molecule has 35 heavy (non-hydrogen) atoms. The van der Waals surface area contributed by atoms with Gasteiger partial charge in [0.2, 0.25) is 0 Å². The number of aromatic nitrogens is 2. The lowest BCUT2D eigenvalue weighted by atomic mass is 10.0. The van der Waals surface area contributed by atoms with Crippen molar-refractivity contribution in [1.82, 2.24) is 10.2 Å². The summed E-state index contributed by atoms with van der Waals surface area (Å²) in [6.07, 6.45) is -6.67. The minimum Gasteiger partial charge on any atom is -0.355 e. The summed E-state index contributed by atoms with van der Waals surface area (Å²) in [5.41, 5.74) is -2.41. The number of nitrogens with zero attached hydrogens (tertiary/aromatic N) is 3. The molecule has 2 aromatic carbocycles. The first-order valence-corrected chi connectivity index (χ1v) is 10.8. The van der Waals surface area contributed by atoms with E-state index in [2.05, 4.69) is 20.4 Å². The van der Waals surface area contributed by atoms with E-state index < -0.39 is 35.0 Å². The molecule has 1 aliphatic heterocycles. The first-order valence-electron chi connectivity index (χ1n) is 10.8. The van der Waals surface area contributed by atoms with Gasteiger partial charge in [0.05, 0.1) is 16.8 Å². The van der Waals surface area contributed by atoms with Crippen molar-refractivity contribution >= 4 is 17.4 Å². The Morgan fingerprint density at radius 1 is 0.771 bits per heavy atom. The monoisotopic (exact) mass is 494 g/mol. The molecule has 0 bridgehead atoms. The highest BCUT2D eigenvalue weighted by Crippen LogP contribution is 2.36. The zero-order valence-corrected chi connectivity index (χ0v) is 18.2. The molecule has 1 amide bonds. The molecule has 1 saturated heterocycles. The van der Waals surface area contributed by atoms with Gasteiger partial charge in [0.25, 0.3) is 5.91 Å². The topological polar surface area (TPSA) is 58.1 Å². The first kappa shape index (κ1) is 24.5. The summed E-state index contributed by atoms with van der Waals surface area (Å²) in [4.78, 5) is 14.6. The molecule has 0 saturated carbocycles. The quantitative estimate of drug-likeness (QED) is 0.425. The lowest BCUT2D eigenvalue weighted by Crippen LogP contribution is -2.30. The molecule has 3 aromatic rings. The second-order valence-electron chi connectivity index (χ2n) is 8.15. The Balaban J connectivity index is 1.49. The van der Waals surface area contributed by atoms with Gasteiger partial charge in [-0.3, -0.25) is 4.79 Å². The van der Waals surface area contributed by atoms with E-state index in [9.17, 15) is 31.1 Å². The second kappa shape index (κ2) is 9.55. The van der Waals surface area contributed by atoms with Crippen LogP contribution in [0.3, 0.4) is 0 Å². The summed E-state index contributed by atoms with van der Waals surface area (Å²) in [5.74, 6) is -0.309. The van der Waals surface area contributed by atoms with Gasteiger partial charge in [-0.05, 0) is 61.7 Å². The largest absolute Gasteiger partial charge is 0.416 e. The fraction of sp³-hybridized carbons (Fsp3) is 0.292. The number of benzene rings is 2. The van der Waals surface area contributed by atoms with Crippen LogP contribution in [0.25, 0.3) is 11.3 Å². The first-order chi connectivity index (χ1) is 16.5. The molecule has 1 aliphatic rings. The Hall–Kier alpha value is -3.63. The number of carbonyl (C=O) groups excluding carboxylic acids is 1. The molecule has 0 atom stereocenters. The van der Waals surface area contributed by atoms with Gasteiger partial charge in [-0.25, -0.2) is 0 Å². The number of nitrogens with one attached hydrogen (secondary N) is 1. The smallest absolute Gasteiger partial charge is 0.355 e. The molecule has 0 unspecified atom stereocenters. The maximum absolute atomic E-state index is 13.0. The highest BCUT2D eigenvalue weighted by Gasteiger charge is 2.37. The van der Waals surface area contributed by atoms with Crippen LogP contribution in [-0.4, -0.2) is 29.2 Å². The molecule has 1 fully saturated rings. The predicted molar refractivity (Wildman–Crippen MR) is 118 cm³/mol. The van der Waals surface area contributed by atoms with Crippen LogP contribution in [0.15, 0.2) is 54.6 Å². The normalized spacial score (nSPS) is 14.6. The number of anilines is 2. The average Bonchev–Trinajstić information content (AvgIpc) is 2.84. The molecule has 5 nitrogen and oxygen atoms in total. The SMILES string of the molecule is O=C(Nc1ccc(-c2ccc(N3CCCCC3)nn2)cc1)c1cc(C(F)(F)F)cc(C(F)(F)F)c1. The van der Waals surface area contributed by atoms with E-state index in [0.717, 1.165) is 31.7 Å². The van der Waals surface area contributed by atoms with Crippen LogP contribution in [-0.2, 0) is 12.4 Å². The number of alkyl halides is 6. The molecule has 0 aliphatic carbocycles. The van der Waals surface area contributed by atoms with Crippen molar-refractivity contribution in [2.75, 3.05) is 23.3 Å². The Labute approximate surface area is 196 Å². The fourth-order valence-corrected chi connectivity index (χ4v) is 3.78. The summed E-state index contributed by atoms with van der Waals surface area (Å²) in [6.45, 7) is 1.86. The van der Waals surface area contributed by atoms with Crippen molar-refractivity contribution in [3.8, 4) is 11.3 Å². The van der Waals surface area contributed by atoms with Crippen molar-refractivity contribution < 1.29 is 31.1 Å². The molecule has 1 N–H and O–H groups in total. The maximum Gasteiger partial charge on any atom is 0.416 e. The molecule has 184 valence electrons. The van der Waals surface area contributed by atoms with Crippen LogP contribution in [0.2, 0.25) is 0 Å². The number of piperidine rings is 1. The molecule has 0 radical (unpaired) electrons. The van der Waals surface area contributed by atoms with Crippen molar-refractivity contribution in [2.45, 2.75) is 31.6 Å². The van der Waals surface area contributed by atoms with Crippen molar-refractivity contribution in [3.05, 3.63) is 71.3 Å². The molecule has 0 spiro atoms. The highest BCUT2D eigenvalue weighted by atomic mass is 19.4. The Morgan fingerprint density at radius 3 is 1.89 bits per heavy atom. The third-order valence-corrected chi connectivity index (χ3v) is 5.62.